The van der Waals surface area contributed by atoms with Crippen molar-refractivity contribution in [2.24, 2.45) is 10.7 Å². The summed E-state index contributed by atoms with van der Waals surface area (Å²) >= 11 is 0. The van der Waals surface area contributed by atoms with Crippen LogP contribution in [-0.4, -0.2) is 29.8 Å². The van der Waals surface area contributed by atoms with Crippen LogP contribution in [0.3, 0.4) is 0 Å². The largest absolute Gasteiger partial charge is 0.489 e. The average Bonchev–Trinajstić information content (AvgIpc) is 2.40. The van der Waals surface area contributed by atoms with E-state index in [-0.39, 0.29) is 23.3 Å². The monoisotopic (exact) mass is 313 g/mol. The predicted molar refractivity (Wildman–Crippen MR) is 79.8 cm³/mol. The number of aromatic nitrogens is 1. The van der Waals surface area contributed by atoms with E-state index >= 15 is 0 Å². The Kier molecular flexibility index (Phi) is 6.24. The lowest BCUT2D eigenvalue weighted by Crippen LogP contribution is -2.21. The van der Waals surface area contributed by atoms with Crippen LogP contribution in [0.4, 0.5) is 20.3 Å². The summed E-state index contributed by atoms with van der Waals surface area (Å²) < 4.78 is 29.2. The molecule has 0 aromatic carbocycles. The number of amides is 1. The number of anilines is 2. The number of alkyl halides is 2. The lowest BCUT2D eigenvalue weighted by molar-refractivity contribution is -0.112. The highest BCUT2D eigenvalue weighted by molar-refractivity contribution is 6.05. The molecule has 0 unspecified atom stereocenters. The summed E-state index contributed by atoms with van der Waals surface area (Å²) in [7, 11) is 0. The normalized spacial score (nSPS) is 12.2. The van der Waals surface area contributed by atoms with Crippen LogP contribution in [0, 0.1) is 0 Å². The first-order valence-corrected chi connectivity index (χ1v) is 6.30. The highest BCUT2D eigenvalue weighted by Crippen LogP contribution is 2.26. The maximum atomic E-state index is 11.8. The van der Waals surface area contributed by atoms with Crippen LogP contribution in [0.1, 0.15) is 13.8 Å². The molecule has 0 atom stereocenters. The zero-order chi connectivity index (χ0) is 16.7. The van der Waals surface area contributed by atoms with Gasteiger partial charge >= 0.3 is 6.55 Å². The number of nitrogens with zero attached hydrogens (tertiary/aromatic N) is 2. The first kappa shape index (κ1) is 17.3. The van der Waals surface area contributed by atoms with Crippen LogP contribution in [0.15, 0.2) is 29.0 Å². The van der Waals surface area contributed by atoms with Crippen LogP contribution >= 0.6 is 0 Å². The molecule has 0 aliphatic heterocycles. The van der Waals surface area contributed by atoms with E-state index in [1.54, 1.807) is 13.8 Å². The van der Waals surface area contributed by atoms with Crippen LogP contribution in [0.2, 0.25) is 0 Å². The molecule has 120 valence electrons. The number of hydrogen-bond acceptors (Lipinski definition) is 6. The Labute approximate surface area is 126 Å². The molecule has 1 aromatic heterocycles. The highest BCUT2D eigenvalue weighted by atomic mass is 19.3. The molecule has 5 N–H and O–H groups in total. The molecule has 1 rings (SSSR count). The van der Waals surface area contributed by atoms with Crippen molar-refractivity contribution in [1.29, 1.82) is 0 Å². The zero-order valence-electron chi connectivity index (χ0n) is 12.1. The molecule has 1 heterocycles. The Morgan fingerprint density at radius 2 is 2.18 bits per heavy atom. The molecule has 0 fully saturated rings. The summed E-state index contributed by atoms with van der Waals surface area (Å²) in [6.07, 6.45) is 2.89. The van der Waals surface area contributed by atoms with Crippen molar-refractivity contribution in [2.75, 3.05) is 11.1 Å². The number of nitrogens with one attached hydrogen (secondary N) is 1. The number of nitrogens with two attached hydrogens (primary N) is 2. The third kappa shape index (κ3) is 5.73. The molecule has 9 heteroatoms. The summed E-state index contributed by atoms with van der Waals surface area (Å²) in [6.45, 7) is 0.744. The highest BCUT2D eigenvalue weighted by Gasteiger charge is 2.12. The summed E-state index contributed by atoms with van der Waals surface area (Å²) in [5, 5.41) is 2.46. The Morgan fingerprint density at radius 1 is 1.50 bits per heavy atom. The molecule has 0 aliphatic rings. The van der Waals surface area contributed by atoms with E-state index in [0.717, 1.165) is 12.3 Å². The van der Waals surface area contributed by atoms with Crippen molar-refractivity contribution in [3.8, 4) is 5.75 Å². The van der Waals surface area contributed by atoms with Crippen molar-refractivity contribution in [3.63, 3.8) is 0 Å². The van der Waals surface area contributed by atoms with Gasteiger partial charge in [-0.15, -0.1) is 0 Å². The second kappa shape index (κ2) is 7.91. The van der Waals surface area contributed by atoms with Gasteiger partial charge in [-0.3, -0.25) is 4.79 Å². The lowest BCUT2D eigenvalue weighted by Gasteiger charge is -2.15. The van der Waals surface area contributed by atoms with Gasteiger partial charge in [-0.05, 0) is 19.9 Å². The fourth-order valence-electron chi connectivity index (χ4n) is 1.36. The number of aliphatic imine (C=N–C) groups is 1. The smallest absolute Gasteiger partial charge is 0.331 e. The minimum atomic E-state index is -2.86. The molecular formula is C13H17F2N5O2. The number of rotatable bonds is 6. The molecule has 7 nitrogen and oxygen atoms in total. The minimum Gasteiger partial charge on any atom is -0.489 e. The first-order valence-electron chi connectivity index (χ1n) is 6.30. The fraction of sp³-hybridized carbons (Fsp3) is 0.308. The van der Waals surface area contributed by atoms with Gasteiger partial charge in [-0.2, -0.15) is 8.78 Å². The quantitative estimate of drug-likeness (QED) is 0.418. The Bertz CT molecular complexity index is 588. The first-order chi connectivity index (χ1) is 10.3. The fourth-order valence-corrected chi connectivity index (χ4v) is 1.36. The maximum absolute atomic E-state index is 11.8. The standard InChI is InChI=1S/C13H17F2N5O2/c1-7(2)22-10-5-11(17)19-6-9(10)20-12(21)8(16)3-4-18-13(14)15/h3-7,13H,16H2,1-2H3,(H2,17,19)(H,20,21)/b8-3-,18-4+. The van der Waals surface area contributed by atoms with E-state index < -0.39 is 12.5 Å². The number of carbonyl (C=O) groups excluding carboxylic acids is 1. The van der Waals surface area contributed by atoms with Gasteiger partial charge in [0, 0.05) is 12.3 Å². The topological polar surface area (TPSA) is 116 Å². The van der Waals surface area contributed by atoms with E-state index in [4.69, 9.17) is 16.2 Å². The van der Waals surface area contributed by atoms with Gasteiger partial charge in [0.25, 0.3) is 5.91 Å². The van der Waals surface area contributed by atoms with Crippen molar-refractivity contribution in [2.45, 2.75) is 26.5 Å². The van der Waals surface area contributed by atoms with E-state index in [1.807, 2.05) is 0 Å². The average molecular weight is 313 g/mol. The number of allylic oxidation sites excluding steroid dienone is 1. The van der Waals surface area contributed by atoms with Crippen molar-refractivity contribution in [3.05, 3.63) is 24.0 Å². The van der Waals surface area contributed by atoms with Gasteiger partial charge in [0.2, 0.25) is 0 Å². The molecule has 1 aromatic rings. The van der Waals surface area contributed by atoms with E-state index in [9.17, 15) is 13.6 Å². The van der Waals surface area contributed by atoms with E-state index in [1.165, 1.54) is 12.3 Å². The van der Waals surface area contributed by atoms with Crippen molar-refractivity contribution >= 4 is 23.6 Å². The third-order valence-electron chi connectivity index (χ3n) is 2.21. The van der Waals surface area contributed by atoms with Gasteiger partial charge in [0.1, 0.15) is 17.3 Å². The Hall–Kier alpha value is -2.71. The number of hydrogen-bond donors (Lipinski definition) is 3. The third-order valence-corrected chi connectivity index (χ3v) is 2.21. The summed E-state index contributed by atoms with van der Waals surface area (Å²) in [5.41, 5.74) is 11.0. The molecule has 22 heavy (non-hydrogen) atoms. The number of nitrogen functional groups attached to an aromatic ring is 1. The van der Waals surface area contributed by atoms with Crippen LogP contribution < -0.4 is 21.5 Å². The number of carbonyl (C=O) groups is 1. The van der Waals surface area contributed by atoms with Gasteiger partial charge in [0.05, 0.1) is 18.0 Å². The van der Waals surface area contributed by atoms with Crippen LogP contribution in [0.25, 0.3) is 0 Å². The molecule has 0 saturated carbocycles. The van der Waals surface area contributed by atoms with Gasteiger partial charge < -0.3 is 21.5 Å². The summed E-state index contributed by atoms with van der Waals surface area (Å²) in [5.74, 6) is -0.160. The number of halogens is 2. The molecular weight excluding hydrogens is 296 g/mol. The molecule has 1 amide bonds. The van der Waals surface area contributed by atoms with Crippen LogP contribution in [0.5, 0.6) is 5.75 Å². The predicted octanol–water partition coefficient (Wildman–Crippen LogP) is 1.53. The zero-order valence-corrected chi connectivity index (χ0v) is 12.1. The molecule has 0 bridgehead atoms. The number of ether oxygens (including phenoxy) is 1. The van der Waals surface area contributed by atoms with Gasteiger partial charge in [0.15, 0.2) is 0 Å². The second-order valence-corrected chi connectivity index (χ2v) is 4.42. The summed E-state index contributed by atoms with van der Waals surface area (Å²) in [4.78, 5) is 18.5. The maximum Gasteiger partial charge on any atom is 0.331 e. The molecule has 0 radical (unpaired) electrons. The van der Waals surface area contributed by atoms with Gasteiger partial charge in [-0.1, -0.05) is 0 Å². The van der Waals surface area contributed by atoms with E-state index in [2.05, 4.69) is 15.3 Å². The minimum absolute atomic E-state index is 0.150. The molecule has 0 saturated heterocycles. The second-order valence-electron chi connectivity index (χ2n) is 4.42. The Balaban J connectivity index is 2.87. The summed E-state index contributed by atoms with van der Waals surface area (Å²) in [6, 6.07) is 1.45. The molecule has 0 spiro atoms. The van der Waals surface area contributed by atoms with E-state index in [0.29, 0.717) is 5.75 Å². The van der Waals surface area contributed by atoms with Crippen molar-refractivity contribution in [1.82, 2.24) is 4.98 Å². The lowest BCUT2D eigenvalue weighted by atomic mass is 10.3. The SMILES string of the molecule is CC(C)Oc1cc(N)ncc1NC(=O)/C(N)=C/C=N/C(F)F. The molecule has 0 aliphatic carbocycles. The van der Waals surface area contributed by atoms with Gasteiger partial charge in [-0.25, -0.2) is 9.98 Å². The Morgan fingerprint density at radius 3 is 2.77 bits per heavy atom. The van der Waals surface area contributed by atoms with Crippen LogP contribution in [-0.2, 0) is 4.79 Å². The number of pyridine rings is 1. The van der Waals surface area contributed by atoms with Crippen molar-refractivity contribution < 1.29 is 18.3 Å².